The van der Waals surface area contributed by atoms with Crippen LogP contribution in [0.4, 0.5) is 5.69 Å². The predicted octanol–water partition coefficient (Wildman–Crippen LogP) is 6.95. The van der Waals surface area contributed by atoms with Gasteiger partial charge in [-0.2, -0.15) is 0 Å². The third kappa shape index (κ3) is 6.08. The molecule has 0 saturated carbocycles. The molecule has 3 heterocycles. The van der Waals surface area contributed by atoms with E-state index in [0.29, 0.717) is 29.4 Å². The molecule has 6 nitrogen and oxygen atoms in total. The van der Waals surface area contributed by atoms with Crippen LogP contribution in [0.5, 0.6) is 0 Å². The number of para-hydroxylation sites is 1. The fourth-order valence-electron chi connectivity index (χ4n) is 7.08. The lowest BCUT2D eigenvalue weighted by atomic mass is 9.77. The summed E-state index contributed by atoms with van der Waals surface area (Å²) in [5.41, 5.74) is 3.22. The number of carbonyl (C=O) groups excluding carboxylic acids is 2. The summed E-state index contributed by atoms with van der Waals surface area (Å²) in [6.07, 6.45) is 5.13. The summed E-state index contributed by atoms with van der Waals surface area (Å²) in [7, 11) is 0. The number of carbonyl (C=O) groups is 2. The zero-order chi connectivity index (χ0) is 30.0. The van der Waals surface area contributed by atoms with Crippen molar-refractivity contribution in [3.05, 3.63) is 99.5 Å². The molecule has 3 aromatic rings. The molecule has 0 N–H and O–H groups in total. The maximum absolute atomic E-state index is 13.2. The topological polar surface area (TPSA) is 53.1 Å². The lowest BCUT2D eigenvalue weighted by Crippen LogP contribution is -2.57. The van der Waals surface area contributed by atoms with Crippen molar-refractivity contribution in [1.29, 1.82) is 0 Å². The van der Waals surface area contributed by atoms with Gasteiger partial charge in [0.2, 0.25) is 5.91 Å². The second-order valence-corrected chi connectivity index (χ2v) is 13.0. The van der Waals surface area contributed by atoms with Gasteiger partial charge in [-0.3, -0.25) is 9.59 Å². The van der Waals surface area contributed by atoms with Gasteiger partial charge in [-0.05, 0) is 74.4 Å². The van der Waals surface area contributed by atoms with E-state index in [2.05, 4.69) is 41.0 Å². The largest absolute Gasteiger partial charge is 0.359 e. The first-order valence-electron chi connectivity index (χ1n) is 15.3. The zero-order valence-electron chi connectivity index (χ0n) is 24.7. The van der Waals surface area contributed by atoms with Crippen LogP contribution in [-0.2, 0) is 25.5 Å². The van der Waals surface area contributed by atoms with Crippen LogP contribution in [0.3, 0.4) is 0 Å². The Labute approximate surface area is 264 Å². The van der Waals surface area contributed by atoms with Gasteiger partial charge in [0.1, 0.15) is 12.2 Å². The maximum Gasteiger partial charge on any atom is 0.253 e. The average Bonchev–Trinajstić information content (AvgIpc) is 3.03. The van der Waals surface area contributed by atoms with Crippen LogP contribution in [0.25, 0.3) is 0 Å². The smallest absolute Gasteiger partial charge is 0.253 e. The Kier molecular flexibility index (Phi) is 8.84. The maximum atomic E-state index is 13.2. The highest BCUT2D eigenvalue weighted by Crippen LogP contribution is 2.43. The molecule has 3 aliphatic rings. The summed E-state index contributed by atoms with van der Waals surface area (Å²) in [6, 6.07) is 24.2. The molecule has 0 aromatic heterocycles. The summed E-state index contributed by atoms with van der Waals surface area (Å²) in [5.74, 6) is 0.217. The molecule has 1 unspecified atom stereocenters. The van der Waals surface area contributed by atoms with Gasteiger partial charge in [0.15, 0.2) is 0 Å². The molecule has 1 atom stereocenters. The second-order valence-electron chi connectivity index (χ2n) is 12.2. The molecule has 0 radical (unpaired) electrons. The summed E-state index contributed by atoms with van der Waals surface area (Å²) < 4.78 is 6.46. The number of morpholine rings is 1. The van der Waals surface area contributed by atoms with Gasteiger partial charge >= 0.3 is 0 Å². The SMILES string of the molecule is Cc1ccc(C2(N3CCCCC3=O)CCN(CCC3(c4ccc(Cl)c(Cl)c4)CN(c4ccccc4)C(=O)CO3)CC2)cc1. The molecule has 8 heteroatoms. The zero-order valence-corrected chi connectivity index (χ0v) is 26.2. The van der Waals surface area contributed by atoms with Crippen LogP contribution in [0.15, 0.2) is 72.8 Å². The van der Waals surface area contributed by atoms with Crippen molar-refractivity contribution in [1.82, 2.24) is 9.80 Å². The summed E-state index contributed by atoms with van der Waals surface area (Å²) in [4.78, 5) is 32.8. The minimum absolute atomic E-state index is 0.0112. The molecule has 3 saturated heterocycles. The summed E-state index contributed by atoms with van der Waals surface area (Å²) in [5, 5.41) is 0.959. The average molecular weight is 621 g/mol. The van der Waals surface area contributed by atoms with E-state index < -0.39 is 5.60 Å². The number of piperidine rings is 2. The van der Waals surface area contributed by atoms with Crippen molar-refractivity contribution in [2.75, 3.05) is 44.2 Å². The van der Waals surface area contributed by atoms with Crippen molar-refractivity contribution in [3.63, 3.8) is 0 Å². The van der Waals surface area contributed by atoms with Crippen LogP contribution < -0.4 is 4.90 Å². The monoisotopic (exact) mass is 619 g/mol. The molecule has 226 valence electrons. The summed E-state index contributed by atoms with van der Waals surface area (Å²) >= 11 is 12.8. The third-order valence-electron chi connectivity index (χ3n) is 9.64. The Morgan fingerprint density at radius 3 is 2.23 bits per heavy atom. The number of hydrogen-bond donors (Lipinski definition) is 0. The number of benzene rings is 3. The van der Waals surface area contributed by atoms with Gasteiger partial charge in [-0.25, -0.2) is 0 Å². The number of halogens is 2. The minimum Gasteiger partial charge on any atom is -0.359 e. The van der Waals surface area contributed by atoms with Gasteiger partial charge in [-0.15, -0.1) is 0 Å². The number of aryl methyl sites for hydroxylation is 1. The summed E-state index contributed by atoms with van der Waals surface area (Å²) in [6.45, 7) is 5.83. The second kappa shape index (κ2) is 12.6. The van der Waals surface area contributed by atoms with Gasteiger partial charge in [0.05, 0.1) is 22.1 Å². The Balaban J connectivity index is 1.24. The molecular weight excluding hydrogens is 581 g/mol. The van der Waals surface area contributed by atoms with E-state index in [4.69, 9.17) is 27.9 Å². The molecule has 3 fully saturated rings. The van der Waals surface area contributed by atoms with Crippen molar-refractivity contribution in [2.24, 2.45) is 0 Å². The molecule has 43 heavy (non-hydrogen) atoms. The van der Waals surface area contributed by atoms with E-state index in [-0.39, 0.29) is 24.0 Å². The van der Waals surface area contributed by atoms with Gasteiger partial charge < -0.3 is 19.4 Å². The van der Waals surface area contributed by atoms with Gasteiger partial charge in [-0.1, -0.05) is 77.3 Å². The highest BCUT2D eigenvalue weighted by molar-refractivity contribution is 6.42. The number of amides is 2. The first-order chi connectivity index (χ1) is 20.8. The third-order valence-corrected chi connectivity index (χ3v) is 10.4. The molecule has 6 rings (SSSR count). The molecule has 3 aliphatic heterocycles. The Morgan fingerprint density at radius 2 is 1.53 bits per heavy atom. The normalized spacial score (nSPS) is 23.0. The lowest BCUT2D eigenvalue weighted by Gasteiger charge is -2.51. The van der Waals surface area contributed by atoms with E-state index in [1.165, 1.54) is 11.1 Å². The molecular formula is C35H39Cl2N3O3. The standard InChI is InChI=1S/C35H39Cl2N3O3/c1-26-10-12-27(13-11-26)34(40-19-6-5-9-32(40)41)16-20-38(21-17-34)22-18-35(28-14-15-30(36)31(37)23-28)25-39(33(42)24-43-35)29-7-3-2-4-8-29/h2-4,7-8,10-15,23H,5-6,9,16-22,24-25H2,1H3. The van der Waals surface area contributed by atoms with Crippen LogP contribution in [-0.4, -0.2) is 60.9 Å². The number of hydrogen-bond acceptors (Lipinski definition) is 4. The van der Waals surface area contributed by atoms with Crippen LogP contribution >= 0.6 is 23.2 Å². The molecule has 0 spiro atoms. The fourth-order valence-corrected chi connectivity index (χ4v) is 7.38. The molecule has 2 amide bonds. The van der Waals surface area contributed by atoms with Gasteiger partial charge in [0, 0.05) is 38.3 Å². The number of likely N-dealkylation sites (tertiary alicyclic amines) is 2. The van der Waals surface area contributed by atoms with E-state index in [1.54, 1.807) is 6.07 Å². The number of nitrogens with zero attached hydrogens (tertiary/aromatic N) is 3. The van der Waals surface area contributed by atoms with Crippen molar-refractivity contribution >= 4 is 40.7 Å². The molecule has 3 aromatic carbocycles. The van der Waals surface area contributed by atoms with Crippen LogP contribution in [0, 0.1) is 6.92 Å². The highest BCUT2D eigenvalue weighted by atomic mass is 35.5. The quantitative estimate of drug-likeness (QED) is 0.287. The number of ether oxygens (including phenoxy) is 1. The number of anilines is 1. The van der Waals surface area contributed by atoms with Crippen LogP contribution in [0.2, 0.25) is 10.0 Å². The van der Waals surface area contributed by atoms with Crippen molar-refractivity contribution < 1.29 is 14.3 Å². The first kappa shape index (κ1) is 30.1. The molecule has 0 aliphatic carbocycles. The highest BCUT2D eigenvalue weighted by Gasteiger charge is 2.46. The number of rotatable bonds is 7. The Morgan fingerprint density at radius 1 is 0.814 bits per heavy atom. The Bertz CT molecular complexity index is 1460. The van der Waals surface area contributed by atoms with E-state index in [0.717, 1.165) is 63.1 Å². The fraction of sp³-hybridized carbons (Fsp3) is 0.429. The van der Waals surface area contributed by atoms with Crippen LogP contribution in [0.1, 0.15) is 55.2 Å². The van der Waals surface area contributed by atoms with Gasteiger partial charge in [0.25, 0.3) is 5.91 Å². The Hall–Kier alpha value is -2.90. The first-order valence-corrected chi connectivity index (χ1v) is 16.1. The predicted molar refractivity (Wildman–Crippen MR) is 172 cm³/mol. The van der Waals surface area contributed by atoms with E-state index in [9.17, 15) is 9.59 Å². The van der Waals surface area contributed by atoms with E-state index in [1.807, 2.05) is 47.4 Å². The van der Waals surface area contributed by atoms with E-state index >= 15 is 0 Å². The van der Waals surface area contributed by atoms with Crippen molar-refractivity contribution in [3.8, 4) is 0 Å². The van der Waals surface area contributed by atoms with Crippen molar-refractivity contribution in [2.45, 2.75) is 56.6 Å². The minimum atomic E-state index is -0.744. The lowest BCUT2D eigenvalue weighted by molar-refractivity contribution is -0.145. The molecule has 0 bridgehead atoms.